The summed E-state index contributed by atoms with van der Waals surface area (Å²) in [4.78, 5) is 23.4. The number of rotatable bonds is 4. The Kier molecular flexibility index (Phi) is 3.63. The number of hydrogen-bond acceptors (Lipinski definition) is 4. The van der Waals surface area contributed by atoms with Crippen LogP contribution < -0.4 is 11.2 Å². The van der Waals surface area contributed by atoms with E-state index in [0.717, 1.165) is 0 Å². The van der Waals surface area contributed by atoms with Crippen LogP contribution in [0.3, 0.4) is 0 Å². The Morgan fingerprint density at radius 2 is 2.06 bits per heavy atom. The molecule has 0 atom stereocenters. The molecule has 0 unspecified atom stereocenters. The Labute approximate surface area is 90.8 Å². The van der Waals surface area contributed by atoms with Gasteiger partial charge in [0.05, 0.1) is 11.9 Å². The van der Waals surface area contributed by atoms with Crippen LogP contribution in [0.15, 0.2) is 15.8 Å². The number of aromatic nitrogens is 2. The lowest BCUT2D eigenvalue weighted by molar-refractivity contribution is 0.562. The zero-order chi connectivity index (χ0) is 12.3. The molecule has 0 aliphatic heterocycles. The summed E-state index contributed by atoms with van der Waals surface area (Å²) in [5.41, 5.74) is -2.38. The van der Waals surface area contributed by atoms with Crippen molar-refractivity contribution in [3.8, 4) is 0 Å². The number of hydrogen-bond donors (Lipinski definition) is 1. The Balaban J connectivity index is 3.29. The van der Waals surface area contributed by atoms with Crippen LogP contribution in [0.2, 0.25) is 0 Å². The molecule has 16 heavy (non-hydrogen) atoms. The second-order valence-corrected chi connectivity index (χ2v) is 5.17. The minimum Gasteiger partial charge on any atom is -0.271 e. The van der Waals surface area contributed by atoms with E-state index in [1.807, 2.05) is 0 Å². The van der Waals surface area contributed by atoms with E-state index in [0.29, 0.717) is 19.0 Å². The molecule has 0 radical (unpaired) electrons. The number of nitrogens with zero attached hydrogens (tertiary/aromatic N) is 1. The van der Waals surface area contributed by atoms with Crippen LogP contribution >= 0.6 is 0 Å². The quantitative estimate of drug-likeness (QED) is 0.791. The topological polar surface area (TPSA) is 89.0 Å². The van der Waals surface area contributed by atoms with Gasteiger partial charge in [-0.15, -0.1) is 0 Å². The summed E-state index contributed by atoms with van der Waals surface area (Å²) in [5.74, 6) is -1.57. The Morgan fingerprint density at radius 1 is 1.44 bits per heavy atom. The van der Waals surface area contributed by atoms with Gasteiger partial charge in [-0.2, -0.15) is 8.36 Å². The molecule has 0 aliphatic carbocycles. The van der Waals surface area contributed by atoms with Gasteiger partial charge in [-0.3, -0.25) is 9.78 Å². The first-order chi connectivity index (χ1) is 7.38. The van der Waals surface area contributed by atoms with E-state index in [2.05, 4.69) is 0 Å². The number of H-pyrrole nitrogens is 1. The predicted molar refractivity (Wildman–Crippen MR) is 55.4 cm³/mol. The second kappa shape index (κ2) is 4.60. The van der Waals surface area contributed by atoms with E-state index in [1.165, 1.54) is 0 Å². The summed E-state index contributed by atoms with van der Waals surface area (Å²) in [5, 5.41) is 0. The van der Waals surface area contributed by atoms with Crippen LogP contribution in [-0.4, -0.2) is 23.1 Å². The minimum absolute atomic E-state index is 0.222. The molecule has 0 amide bonds. The lowest BCUT2D eigenvalue weighted by atomic mass is 10.4. The maximum Gasteiger partial charge on any atom is 0.342 e. The van der Waals surface area contributed by atoms with Crippen molar-refractivity contribution in [2.45, 2.75) is 19.8 Å². The summed E-state index contributed by atoms with van der Waals surface area (Å²) in [6.07, 6.45) is 1.38. The van der Waals surface area contributed by atoms with E-state index in [9.17, 15) is 22.4 Å². The van der Waals surface area contributed by atoms with Crippen molar-refractivity contribution in [3.63, 3.8) is 0 Å². The van der Waals surface area contributed by atoms with Gasteiger partial charge in [0.2, 0.25) is 15.8 Å². The molecule has 90 valence electrons. The van der Waals surface area contributed by atoms with E-state index in [4.69, 9.17) is 0 Å². The first-order valence-electron chi connectivity index (χ1n) is 4.63. The monoisotopic (exact) mass is 250 g/mol. The number of aromatic amines is 1. The first kappa shape index (κ1) is 12.6. The Bertz CT molecular complexity index is 587. The molecular weight excluding hydrogens is 239 g/mol. The van der Waals surface area contributed by atoms with Crippen LogP contribution in [0.4, 0.5) is 4.39 Å². The van der Waals surface area contributed by atoms with E-state index in [1.54, 1.807) is 11.9 Å². The van der Waals surface area contributed by atoms with Crippen molar-refractivity contribution in [3.05, 3.63) is 32.9 Å². The molecule has 0 spiro atoms. The zero-order valence-electron chi connectivity index (χ0n) is 8.57. The highest BCUT2D eigenvalue weighted by Crippen LogP contribution is 1.98. The molecule has 0 aromatic carbocycles. The van der Waals surface area contributed by atoms with Crippen molar-refractivity contribution in [1.82, 2.24) is 8.96 Å². The average molecular weight is 250 g/mol. The standard InChI is InChI=1S/C8H11FN2O4S/c1-2-3-4-16(14,15)11-5-6(9)7(12)10-8(11)13/h5H,2-4H2,1H3,(H,10,12,13). The van der Waals surface area contributed by atoms with E-state index >= 15 is 0 Å². The molecule has 0 aliphatic rings. The third kappa shape index (κ3) is 2.57. The zero-order valence-corrected chi connectivity index (χ0v) is 9.38. The highest BCUT2D eigenvalue weighted by atomic mass is 32.2. The highest BCUT2D eigenvalue weighted by Gasteiger charge is 2.16. The Morgan fingerprint density at radius 3 is 2.62 bits per heavy atom. The summed E-state index contributed by atoms with van der Waals surface area (Å²) in [6, 6.07) is 0. The second-order valence-electron chi connectivity index (χ2n) is 3.20. The fraction of sp³-hybridized carbons (Fsp3) is 0.500. The number of nitrogens with one attached hydrogen (secondary N) is 1. The van der Waals surface area contributed by atoms with E-state index in [-0.39, 0.29) is 9.73 Å². The molecule has 0 fully saturated rings. The SMILES string of the molecule is CCCCS(=O)(=O)n1cc(F)c(=O)[nH]c1=O. The Hall–Kier alpha value is -1.44. The van der Waals surface area contributed by atoms with Gasteiger partial charge >= 0.3 is 5.69 Å². The molecule has 1 heterocycles. The number of halogens is 1. The molecule has 0 saturated carbocycles. The lowest BCUT2D eigenvalue weighted by Crippen LogP contribution is -2.36. The van der Waals surface area contributed by atoms with Crippen LogP contribution in [0.5, 0.6) is 0 Å². The fourth-order valence-corrected chi connectivity index (χ4v) is 2.47. The first-order valence-corrected chi connectivity index (χ1v) is 6.24. The minimum atomic E-state index is -3.90. The lowest BCUT2D eigenvalue weighted by Gasteiger charge is -2.05. The molecule has 1 aromatic heterocycles. The van der Waals surface area contributed by atoms with Crippen LogP contribution in [0, 0.1) is 5.82 Å². The van der Waals surface area contributed by atoms with Crippen LogP contribution in [0.1, 0.15) is 19.8 Å². The summed E-state index contributed by atoms with van der Waals surface area (Å²) >= 11 is 0. The fourth-order valence-electron chi connectivity index (χ4n) is 1.06. The average Bonchev–Trinajstić information content (AvgIpc) is 2.20. The van der Waals surface area contributed by atoms with Crippen molar-refractivity contribution >= 4 is 10.0 Å². The van der Waals surface area contributed by atoms with Gasteiger partial charge in [0, 0.05) is 0 Å². The largest absolute Gasteiger partial charge is 0.342 e. The van der Waals surface area contributed by atoms with Gasteiger partial charge in [-0.1, -0.05) is 13.3 Å². The van der Waals surface area contributed by atoms with Gasteiger partial charge in [0.25, 0.3) is 5.56 Å². The normalized spacial score (nSPS) is 11.6. The molecule has 0 saturated heterocycles. The molecule has 0 bridgehead atoms. The molecule has 1 rings (SSSR count). The van der Waals surface area contributed by atoms with Crippen molar-refractivity contribution < 1.29 is 12.8 Å². The van der Waals surface area contributed by atoms with Crippen LogP contribution in [0.25, 0.3) is 0 Å². The van der Waals surface area contributed by atoms with Gasteiger partial charge in [-0.05, 0) is 6.42 Å². The molecular formula is C8H11FN2O4S. The van der Waals surface area contributed by atoms with Gasteiger partial charge in [0.1, 0.15) is 0 Å². The summed E-state index contributed by atoms with van der Waals surface area (Å²) in [6.45, 7) is 1.78. The van der Waals surface area contributed by atoms with Gasteiger partial charge < -0.3 is 0 Å². The maximum atomic E-state index is 12.8. The smallest absolute Gasteiger partial charge is 0.271 e. The van der Waals surface area contributed by atoms with Gasteiger partial charge in [0.15, 0.2) is 0 Å². The van der Waals surface area contributed by atoms with Crippen molar-refractivity contribution in [1.29, 1.82) is 0 Å². The van der Waals surface area contributed by atoms with Crippen molar-refractivity contribution in [2.24, 2.45) is 0 Å². The molecule has 8 heteroatoms. The van der Waals surface area contributed by atoms with Gasteiger partial charge in [-0.25, -0.2) is 13.2 Å². The summed E-state index contributed by atoms with van der Waals surface area (Å²) < 4.78 is 36.2. The van der Waals surface area contributed by atoms with Crippen molar-refractivity contribution in [2.75, 3.05) is 5.75 Å². The van der Waals surface area contributed by atoms with E-state index < -0.39 is 27.1 Å². The highest BCUT2D eigenvalue weighted by molar-refractivity contribution is 7.89. The third-order valence-corrected chi connectivity index (χ3v) is 3.60. The molecule has 6 nitrogen and oxygen atoms in total. The maximum absolute atomic E-state index is 12.8. The molecule has 1 aromatic rings. The predicted octanol–water partition coefficient (Wildman–Crippen LogP) is -0.346. The van der Waals surface area contributed by atoms with Crippen LogP contribution in [-0.2, 0) is 10.0 Å². The summed E-state index contributed by atoms with van der Waals surface area (Å²) in [7, 11) is -3.90. The number of unbranched alkanes of at least 4 members (excludes halogenated alkanes) is 1. The third-order valence-electron chi connectivity index (χ3n) is 1.92. The molecule has 1 N–H and O–H groups in total.